The number of carbonyl (C=O) groups is 2. The van der Waals surface area contributed by atoms with Crippen LogP contribution in [-0.4, -0.2) is 57.9 Å². The van der Waals surface area contributed by atoms with Gasteiger partial charge in [-0.3, -0.25) is 9.59 Å². The molecule has 1 aliphatic heterocycles. The van der Waals surface area contributed by atoms with E-state index in [2.05, 4.69) is 30.6 Å². The Balaban J connectivity index is 0.000000171. The maximum absolute atomic E-state index is 14.9. The molecule has 2 atom stereocenters. The molecule has 2 unspecified atom stereocenters. The first-order valence-electron chi connectivity index (χ1n) is 21.1. The number of fused-ring (bicyclic) bond motifs is 4. The molecule has 3 fully saturated rings. The molecule has 9 rings (SSSR count). The van der Waals surface area contributed by atoms with E-state index in [4.69, 9.17) is 11.5 Å². The Hall–Kier alpha value is -5.42. The van der Waals surface area contributed by atoms with Gasteiger partial charge in [-0.2, -0.15) is 0 Å². The second-order valence-corrected chi connectivity index (χ2v) is 18.7. The van der Waals surface area contributed by atoms with E-state index in [-0.39, 0.29) is 72.0 Å². The zero-order valence-corrected chi connectivity index (χ0v) is 36.3. The van der Waals surface area contributed by atoms with Crippen molar-refractivity contribution < 1.29 is 27.2 Å². The fraction of sp³-hybridized carbons (Fsp3) is 0.422. The van der Waals surface area contributed by atoms with Crippen molar-refractivity contribution in [2.75, 3.05) is 42.5 Å². The Kier molecular flexibility index (Phi) is 12.9. The van der Waals surface area contributed by atoms with E-state index in [0.717, 1.165) is 56.6 Å². The Morgan fingerprint density at radius 1 is 0.694 bits per heavy atom. The lowest BCUT2D eigenvalue weighted by atomic mass is 9.77. The molecule has 2 aromatic carbocycles. The molecule has 17 heteroatoms. The number of amides is 2. The van der Waals surface area contributed by atoms with Crippen LogP contribution in [0.25, 0.3) is 20.7 Å². The van der Waals surface area contributed by atoms with Gasteiger partial charge in [0.25, 0.3) is 11.8 Å². The Labute approximate surface area is 364 Å². The average molecular weight is 888 g/mol. The second kappa shape index (κ2) is 18.5. The van der Waals surface area contributed by atoms with Gasteiger partial charge in [-0.05, 0) is 118 Å². The largest absolute Gasteiger partial charge is 0.396 e. The van der Waals surface area contributed by atoms with Crippen molar-refractivity contribution in [3.63, 3.8) is 0 Å². The van der Waals surface area contributed by atoms with Gasteiger partial charge in [0.1, 0.15) is 53.7 Å². The summed E-state index contributed by atoms with van der Waals surface area (Å²) in [5.41, 5.74) is 16.5. The summed E-state index contributed by atoms with van der Waals surface area (Å²) in [5, 5.41) is 5.48. The fourth-order valence-electron chi connectivity index (χ4n) is 9.08. The summed E-state index contributed by atoms with van der Waals surface area (Å²) < 4.78 is 58.7. The van der Waals surface area contributed by atoms with Crippen LogP contribution in [0.5, 0.6) is 0 Å². The predicted molar refractivity (Wildman–Crippen MR) is 237 cm³/mol. The van der Waals surface area contributed by atoms with Gasteiger partial charge in [0.15, 0.2) is 0 Å². The van der Waals surface area contributed by atoms with Crippen LogP contribution in [0.15, 0.2) is 36.7 Å². The number of hydrogen-bond acceptors (Lipinski definition) is 11. The van der Waals surface area contributed by atoms with Crippen molar-refractivity contribution in [1.82, 2.24) is 30.6 Å². The van der Waals surface area contributed by atoms with Crippen LogP contribution < -0.4 is 27.0 Å². The highest BCUT2D eigenvalue weighted by Gasteiger charge is 2.36. The van der Waals surface area contributed by atoms with Gasteiger partial charge in [-0.15, -0.1) is 22.7 Å². The maximum atomic E-state index is 14.9. The summed E-state index contributed by atoms with van der Waals surface area (Å²) in [6, 6.07) is 5.18. The van der Waals surface area contributed by atoms with Crippen LogP contribution in [0, 0.1) is 49.0 Å². The molecular weight excluding hydrogens is 839 g/mol. The molecule has 3 aliphatic rings. The molecule has 0 radical (unpaired) electrons. The number of hydrogen-bond donors (Lipinski definition) is 4. The lowest BCUT2D eigenvalue weighted by Crippen LogP contribution is -2.30. The van der Waals surface area contributed by atoms with Crippen LogP contribution in [-0.2, 0) is 12.8 Å². The number of thiophene rings is 2. The van der Waals surface area contributed by atoms with E-state index in [1.165, 1.54) is 66.2 Å². The first-order chi connectivity index (χ1) is 29.8. The molecule has 2 bridgehead atoms. The molecule has 11 nitrogen and oxygen atoms in total. The number of nitrogens with two attached hydrogens (primary N) is 2. The molecule has 2 amide bonds. The van der Waals surface area contributed by atoms with E-state index in [0.29, 0.717) is 53.5 Å². The van der Waals surface area contributed by atoms with Crippen LogP contribution in [0.1, 0.15) is 105 Å². The van der Waals surface area contributed by atoms with Crippen LogP contribution in [0.3, 0.4) is 0 Å². The van der Waals surface area contributed by atoms with Crippen molar-refractivity contribution in [3.8, 4) is 0 Å². The number of nitrogens with zero attached hydrogens (tertiary/aromatic N) is 5. The van der Waals surface area contributed by atoms with Crippen molar-refractivity contribution in [2.45, 2.75) is 84.0 Å². The Bertz CT molecular complexity index is 2640. The van der Waals surface area contributed by atoms with E-state index in [1.54, 1.807) is 12.4 Å². The van der Waals surface area contributed by atoms with Crippen molar-refractivity contribution in [3.05, 3.63) is 97.8 Å². The number of halogens is 4. The third-order valence-corrected chi connectivity index (χ3v) is 14.4. The number of nitrogen functional groups attached to an aromatic ring is 2. The smallest absolute Gasteiger partial charge is 0.263 e. The minimum Gasteiger partial charge on any atom is -0.396 e. The van der Waals surface area contributed by atoms with Gasteiger partial charge < -0.3 is 27.0 Å². The summed E-state index contributed by atoms with van der Waals surface area (Å²) in [6.07, 6.45) is 12.3. The van der Waals surface area contributed by atoms with Gasteiger partial charge in [-0.1, -0.05) is 12.8 Å². The summed E-state index contributed by atoms with van der Waals surface area (Å²) >= 11 is 2.34. The summed E-state index contributed by atoms with van der Waals surface area (Å²) in [7, 11) is 0. The molecule has 62 heavy (non-hydrogen) atoms. The van der Waals surface area contributed by atoms with Gasteiger partial charge in [-0.25, -0.2) is 37.5 Å². The van der Waals surface area contributed by atoms with Gasteiger partial charge in [0.2, 0.25) is 0 Å². The molecule has 2 saturated carbocycles. The summed E-state index contributed by atoms with van der Waals surface area (Å²) in [4.78, 5) is 46.0. The highest BCUT2D eigenvalue weighted by molar-refractivity contribution is 7.21. The van der Waals surface area contributed by atoms with Gasteiger partial charge in [0, 0.05) is 44.6 Å². The molecule has 326 valence electrons. The number of piperidine rings is 1. The number of benzene rings is 2. The predicted octanol–water partition coefficient (Wildman–Crippen LogP) is 8.95. The van der Waals surface area contributed by atoms with E-state index >= 15 is 0 Å². The summed E-state index contributed by atoms with van der Waals surface area (Å²) in [5.74, 6) is -0.929. The zero-order chi connectivity index (χ0) is 43.7. The zero-order valence-electron chi connectivity index (χ0n) is 34.6. The van der Waals surface area contributed by atoms with Crippen molar-refractivity contribution in [1.29, 1.82) is 0 Å². The SMILES string of the molecule is Cc1cnc2c(N)c(C(=O)NCCc3cc(F)c(C4CC5CCC(C5)C4)cc3F)sc2n1.Cc1cnc2c(N)c(C(=O)NCCc3cc(F)c(N4CCCCC4)cc3F)sc2n1. The van der Waals surface area contributed by atoms with Crippen molar-refractivity contribution in [2.24, 2.45) is 11.8 Å². The van der Waals surface area contributed by atoms with Gasteiger partial charge >= 0.3 is 0 Å². The fourth-order valence-corrected chi connectivity index (χ4v) is 11.1. The second-order valence-electron chi connectivity index (χ2n) is 16.7. The highest BCUT2D eigenvalue weighted by Crippen LogP contribution is 2.49. The third kappa shape index (κ3) is 9.33. The normalized spacial score (nSPS) is 18.5. The third-order valence-electron chi connectivity index (χ3n) is 12.2. The number of carbonyl (C=O) groups excluding carboxylic acids is 2. The minimum absolute atomic E-state index is 0.117. The molecule has 6 N–H and O–H groups in total. The average Bonchev–Trinajstić information content (AvgIpc) is 3.89. The van der Waals surface area contributed by atoms with Crippen molar-refractivity contribution >= 4 is 72.2 Å². The molecule has 1 saturated heterocycles. The first-order valence-corrected chi connectivity index (χ1v) is 22.8. The highest BCUT2D eigenvalue weighted by atomic mass is 32.1. The van der Waals surface area contributed by atoms with Crippen LogP contribution in [0.4, 0.5) is 34.6 Å². The van der Waals surface area contributed by atoms with E-state index < -0.39 is 17.5 Å². The Morgan fingerprint density at radius 3 is 1.73 bits per heavy atom. The Morgan fingerprint density at radius 2 is 1.19 bits per heavy atom. The lowest BCUT2D eigenvalue weighted by molar-refractivity contribution is 0.0950. The number of aromatic nitrogens is 4. The molecule has 5 heterocycles. The van der Waals surface area contributed by atoms with E-state index in [9.17, 15) is 27.2 Å². The number of aryl methyl sites for hydroxylation is 2. The number of rotatable bonds is 10. The molecule has 0 spiro atoms. The lowest BCUT2D eigenvalue weighted by Gasteiger charge is -2.29. The van der Waals surface area contributed by atoms with Crippen LogP contribution >= 0.6 is 22.7 Å². The standard InChI is InChI=1S/C24H26F2N4OS.C21H23F2N5OS/c1-12-11-29-21-20(27)22(32-24(21)30-12)23(31)28-5-4-15-9-19(26)17(10-18(15)25)16-7-13-2-3-14(6-13)8-16;1-12-11-26-18-17(24)19(30-21(18)27-12)20(29)25-6-5-13-9-15(23)16(10-14(13)22)28-7-3-2-4-8-28/h9-11,13-14,16H,2-8,27H2,1H3,(H,28,31);9-11H,2-8,24H2,1H3,(H,25,29). The minimum atomic E-state index is -0.462. The molecule has 2 aliphatic carbocycles. The molecule has 4 aromatic heterocycles. The first kappa shape index (κ1) is 43.2. The topological polar surface area (TPSA) is 165 Å². The molecule has 6 aromatic rings. The van der Waals surface area contributed by atoms with Crippen LogP contribution in [0.2, 0.25) is 0 Å². The monoisotopic (exact) mass is 887 g/mol. The molecular formula is C45H49F4N9O2S2. The number of anilines is 3. The maximum Gasteiger partial charge on any atom is 0.263 e. The number of nitrogens with one attached hydrogen (secondary N) is 2. The quantitative estimate of drug-likeness (QED) is 0.0984. The van der Waals surface area contributed by atoms with E-state index in [1.807, 2.05) is 18.7 Å². The van der Waals surface area contributed by atoms with Gasteiger partial charge in [0.05, 0.1) is 28.5 Å². The summed E-state index contributed by atoms with van der Waals surface area (Å²) in [6.45, 7) is 5.45.